The van der Waals surface area contributed by atoms with Gasteiger partial charge in [-0.2, -0.15) is 0 Å². The van der Waals surface area contributed by atoms with Gasteiger partial charge in [-0.1, -0.05) is 24.3 Å². The van der Waals surface area contributed by atoms with Crippen molar-refractivity contribution >= 4 is 0 Å². The van der Waals surface area contributed by atoms with Crippen molar-refractivity contribution in [3.8, 4) is 0 Å². The molecule has 218 valence electrons. The van der Waals surface area contributed by atoms with Crippen LogP contribution in [0.3, 0.4) is 0 Å². The molecule has 3 rings (SSSR count). The SMILES string of the molecule is [O-][N+]1(Cc2ccc(C[N+]3([O-])CCCNCCNCCCNCC3)cc2)CCCNCCNCCCNCC1. The van der Waals surface area contributed by atoms with Crippen molar-refractivity contribution in [2.75, 3.05) is 105 Å². The van der Waals surface area contributed by atoms with Gasteiger partial charge in [-0.25, -0.2) is 0 Å². The predicted octanol–water partition coefficient (Wildman–Crippen LogP) is 0.441. The minimum atomic E-state index is -0.206. The third-order valence-corrected chi connectivity index (χ3v) is 7.57. The third-order valence-electron chi connectivity index (χ3n) is 7.57. The maximum absolute atomic E-state index is 13.8. The van der Waals surface area contributed by atoms with E-state index in [4.69, 9.17) is 0 Å². The van der Waals surface area contributed by atoms with Gasteiger partial charge in [0.1, 0.15) is 13.1 Å². The Kier molecular flexibility index (Phi) is 15.0. The summed E-state index contributed by atoms with van der Waals surface area (Å²) in [5, 5.41) is 48.2. The van der Waals surface area contributed by atoms with Crippen molar-refractivity contribution < 1.29 is 9.29 Å². The number of hydroxylamine groups is 6. The van der Waals surface area contributed by atoms with E-state index in [9.17, 15) is 10.4 Å². The highest BCUT2D eigenvalue weighted by molar-refractivity contribution is 5.21. The molecule has 6 N–H and O–H groups in total. The first kappa shape index (κ1) is 31.3. The lowest BCUT2D eigenvalue weighted by Crippen LogP contribution is -2.48. The molecular weight excluding hydrogens is 480 g/mol. The fourth-order valence-corrected chi connectivity index (χ4v) is 5.29. The van der Waals surface area contributed by atoms with E-state index in [-0.39, 0.29) is 9.29 Å². The molecule has 2 aliphatic rings. The first-order valence-electron chi connectivity index (χ1n) is 15.0. The second-order valence-electron chi connectivity index (χ2n) is 11.1. The molecule has 10 heteroatoms. The van der Waals surface area contributed by atoms with E-state index in [2.05, 4.69) is 56.2 Å². The number of hydrogen-bond acceptors (Lipinski definition) is 8. The number of quaternary nitrogens is 2. The molecular formula is C28H54N8O2. The van der Waals surface area contributed by atoms with E-state index in [0.29, 0.717) is 39.3 Å². The number of hydrogen-bond donors (Lipinski definition) is 6. The lowest BCUT2D eigenvalue weighted by atomic mass is 10.1. The summed E-state index contributed by atoms with van der Waals surface area (Å²) in [6, 6.07) is 8.27. The summed E-state index contributed by atoms with van der Waals surface area (Å²) in [6.07, 6.45) is 3.89. The third kappa shape index (κ3) is 13.3. The van der Waals surface area contributed by atoms with Crippen molar-refractivity contribution in [2.45, 2.75) is 38.8 Å². The lowest BCUT2D eigenvalue weighted by molar-refractivity contribution is -0.893. The van der Waals surface area contributed by atoms with Crippen LogP contribution in [0.15, 0.2) is 24.3 Å². The number of rotatable bonds is 4. The second-order valence-corrected chi connectivity index (χ2v) is 11.1. The lowest BCUT2D eigenvalue weighted by Gasteiger charge is -2.44. The molecule has 2 heterocycles. The van der Waals surface area contributed by atoms with Gasteiger partial charge in [0.15, 0.2) is 0 Å². The summed E-state index contributed by atoms with van der Waals surface area (Å²) >= 11 is 0. The van der Waals surface area contributed by atoms with E-state index in [0.717, 1.165) is 115 Å². The van der Waals surface area contributed by atoms with E-state index in [1.807, 2.05) is 0 Å². The Morgan fingerprint density at radius 2 is 0.737 bits per heavy atom. The van der Waals surface area contributed by atoms with E-state index in [1.165, 1.54) is 0 Å². The van der Waals surface area contributed by atoms with Crippen molar-refractivity contribution in [3.05, 3.63) is 45.8 Å². The monoisotopic (exact) mass is 534 g/mol. The van der Waals surface area contributed by atoms with Crippen molar-refractivity contribution in [1.82, 2.24) is 31.9 Å². The minimum absolute atomic E-state index is 0.206. The van der Waals surface area contributed by atoms with Gasteiger partial charge in [0.2, 0.25) is 0 Å². The summed E-state index contributed by atoms with van der Waals surface area (Å²) < 4.78 is -0.413. The zero-order valence-electron chi connectivity index (χ0n) is 23.6. The van der Waals surface area contributed by atoms with Crippen LogP contribution in [-0.4, -0.2) is 114 Å². The van der Waals surface area contributed by atoms with Crippen molar-refractivity contribution in [3.63, 3.8) is 0 Å². The summed E-state index contributed by atoms with van der Waals surface area (Å²) in [4.78, 5) is 0. The molecule has 0 spiro atoms. The fourth-order valence-electron chi connectivity index (χ4n) is 5.29. The molecule has 0 aliphatic carbocycles. The molecule has 38 heavy (non-hydrogen) atoms. The summed E-state index contributed by atoms with van der Waals surface area (Å²) in [5.74, 6) is 0. The van der Waals surface area contributed by atoms with E-state index in [1.54, 1.807) is 0 Å². The largest absolute Gasteiger partial charge is 0.633 e. The van der Waals surface area contributed by atoms with Gasteiger partial charge in [0, 0.05) is 76.3 Å². The van der Waals surface area contributed by atoms with Gasteiger partial charge in [-0.05, 0) is 39.0 Å². The smallest absolute Gasteiger partial charge is 0.104 e. The molecule has 0 bridgehead atoms. The molecule has 0 amide bonds. The maximum Gasteiger partial charge on any atom is 0.104 e. The van der Waals surface area contributed by atoms with Gasteiger partial charge < -0.3 is 51.6 Å². The molecule has 0 radical (unpaired) electrons. The highest BCUT2D eigenvalue weighted by Gasteiger charge is 2.20. The Bertz CT molecular complexity index is 647. The normalized spacial score (nSPS) is 29.1. The molecule has 2 saturated heterocycles. The molecule has 0 aromatic heterocycles. The molecule has 0 saturated carbocycles. The van der Waals surface area contributed by atoms with Crippen LogP contribution in [0.25, 0.3) is 0 Å². The number of nitrogens with zero attached hydrogens (tertiary/aromatic N) is 2. The predicted molar refractivity (Wildman–Crippen MR) is 156 cm³/mol. The molecule has 1 aromatic carbocycles. The van der Waals surface area contributed by atoms with Crippen LogP contribution >= 0.6 is 0 Å². The Labute approximate surface area is 230 Å². The molecule has 2 aliphatic heterocycles. The number of nitrogens with one attached hydrogen (secondary N) is 6. The van der Waals surface area contributed by atoms with Gasteiger partial charge in [0.05, 0.1) is 26.2 Å². The Morgan fingerprint density at radius 3 is 1.11 bits per heavy atom. The van der Waals surface area contributed by atoms with Gasteiger partial charge in [-0.3, -0.25) is 0 Å². The highest BCUT2D eigenvalue weighted by atomic mass is 16.5. The van der Waals surface area contributed by atoms with E-state index < -0.39 is 0 Å². The highest BCUT2D eigenvalue weighted by Crippen LogP contribution is 2.18. The maximum atomic E-state index is 13.8. The van der Waals surface area contributed by atoms with Crippen LogP contribution in [0.1, 0.15) is 36.8 Å². The Morgan fingerprint density at radius 1 is 0.421 bits per heavy atom. The van der Waals surface area contributed by atoms with Crippen LogP contribution in [0.5, 0.6) is 0 Å². The van der Waals surface area contributed by atoms with Crippen LogP contribution in [0.2, 0.25) is 0 Å². The second kappa shape index (κ2) is 18.2. The minimum Gasteiger partial charge on any atom is -0.633 e. The van der Waals surface area contributed by atoms with Crippen molar-refractivity contribution in [1.29, 1.82) is 0 Å². The summed E-state index contributed by atoms with van der Waals surface area (Å²) in [6.45, 7) is 14.3. The molecule has 2 fully saturated rings. The van der Waals surface area contributed by atoms with Gasteiger partial charge in [-0.15, -0.1) is 0 Å². The zero-order valence-corrected chi connectivity index (χ0v) is 23.6. The summed E-state index contributed by atoms with van der Waals surface area (Å²) in [5.41, 5.74) is 2.11. The fraction of sp³-hybridized carbons (Fsp3) is 0.786. The summed E-state index contributed by atoms with van der Waals surface area (Å²) in [7, 11) is 0. The first-order valence-corrected chi connectivity index (χ1v) is 15.0. The van der Waals surface area contributed by atoms with Crippen LogP contribution in [-0.2, 0) is 13.1 Å². The van der Waals surface area contributed by atoms with Crippen molar-refractivity contribution in [2.24, 2.45) is 0 Å². The molecule has 2 unspecified atom stereocenters. The number of benzene rings is 1. The quantitative estimate of drug-likeness (QED) is 0.243. The van der Waals surface area contributed by atoms with Crippen LogP contribution in [0.4, 0.5) is 0 Å². The van der Waals surface area contributed by atoms with Gasteiger partial charge in [0.25, 0.3) is 0 Å². The average molecular weight is 535 g/mol. The zero-order chi connectivity index (χ0) is 26.8. The Hall–Kier alpha value is -1.18. The average Bonchev–Trinajstić information content (AvgIpc) is 2.90. The van der Waals surface area contributed by atoms with Crippen LogP contribution in [0, 0.1) is 10.4 Å². The molecule has 1 aromatic rings. The molecule has 10 nitrogen and oxygen atoms in total. The first-order chi connectivity index (χ1) is 18.6. The molecule has 2 atom stereocenters. The standard InChI is InChI=1S/C28H54N8O2/c37-35(21-3-13-31-17-15-29-9-1-11-33-19-23-35)25-27-5-7-28(8-6-27)26-36(38)22-4-14-32-18-16-30-10-2-12-34-20-24-36/h5-8,29-34H,1-4,9-26H2. The van der Waals surface area contributed by atoms with Gasteiger partial charge >= 0.3 is 0 Å². The van der Waals surface area contributed by atoms with Crippen LogP contribution < -0.4 is 31.9 Å². The van der Waals surface area contributed by atoms with E-state index >= 15 is 0 Å². The topological polar surface area (TPSA) is 118 Å². The Balaban J connectivity index is 1.55.